The van der Waals surface area contributed by atoms with Crippen LogP contribution >= 0.6 is 0 Å². The van der Waals surface area contributed by atoms with Gasteiger partial charge in [0.15, 0.2) is 0 Å². The van der Waals surface area contributed by atoms with Crippen LogP contribution < -0.4 is 0 Å². The lowest BCUT2D eigenvalue weighted by molar-refractivity contribution is 0.159. The Kier molecular flexibility index (Phi) is 3.14. The van der Waals surface area contributed by atoms with E-state index in [9.17, 15) is 15.3 Å². The summed E-state index contributed by atoms with van der Waals surface area (Å²) in [5.74, 6) is -0.109. The van der Waals surface area contributed by atoms with Gasteiger partial charge < -0.3 is 15.3 Å². The summed E-state index contributed by atoms with van der Waals surface area (Å²) in [4.78, 5) is 0. The van der Waals surface area contributed by atoms with Gasteiger partial charge in [-0.25, -0.2) is 0 Å². The SMILES string of the molecule is CCCC(O)c1c(O)cccc1O. The molecule has 3 heteroatoms. The molecule has 0 aliphatic heterocycles. The molecule has 3 nitrogen and oxygen atoms in total. The van der Waals surface area contributed by atoms with Crippen molar-refractivity contribution in [3.05, 3.63) is 23.8 Å². The van der Waals surface area contributed by atoms with Crippen LogP contribution in [0.4, 0.5) is 0 Å². The number of aliphatic hydroxyl groups excluding tert-OH is 1. The molecule has 0 heterocycles. The highest BCUT2D eigenvalue weighted by Gasteiger charge is 2.15. The van der Waals surface area contributed by atoms with Crippen LogP contribution in [0.15, 0.2) is 18.2 Å². The molecule has 0 saturated carbocycles. The van der Waals surface area contributed by atoms with Gasteiger partial charge in [0.2, 0.25) is 0 Å². The molecule has 0 bridgehead atoms. The van der Waals surface area contributed by atoms with Gasteiger partial charge in [0.1, 0.15) is 11.5 Å². The first-order chi connectivity index (χ1) is 6.16. The fourth-order valence-electron chi connectivity index (χ4n) is 1.30. The Morgan fingerprint density at radius 1 is 1.23 bits per heavy atom. The second-order valence-electron chi connectivity index (χ2n) is 3.01. The van der Waals surface area contributed by atoms with Crippen molar-refractivity contribution >= 4 is 0 Å². The number of aliphatic hydroxyl groups is 1. The third-order valence-electron chi connectivity index (χ3n) is 1.96. The molecular weight excluding hydrogens is 168 g/mol. The largest absolute Gasteiger partial charge is 0.507 e. The van der Waals surface area contributed by atoms with Gasteiger partial charge in [-0.1, -0.05) is 19.4 Å². The molecule has 0 amide bonds. The fraction of sp³-hybridized carbons (Fsp3) is 0.400. The Balaban J connectivity index is 2.98. The van der Waals surface area contributed by atoms with E-state index in [-0.39, 0.29) is 17.1 Å². The minimum Gasteiger partial charge on any atom is -0.507 e. The van der Waals surface area contributed by atoms with E-state index in [0.29, 0.717) is 6.42 Å². The molecule has 0 fully saturated rings. The zero-order chi connectivity index (χ0) is 9.84. The number of phenols is 2. The minimum absolute atomic E-state index is 0.0547. The molecule has 0 aromatic heterocycles. The molecule has 1 aromatic rings. The van der Waals surface area contributed by atoms with E-state index in [0.717, 1.165) is 6.42 Å². The van der Waals surface area contributed by atoms with Gasteiger partial charge in [-0.05, 0) is 18.6 Å². The predicted molar refractivity (Wildman–Crippen MR) is 49.6 cm³/mol. The van der Waals surface area contributed by atoms with Crippen molar-refractivity contribution in [2.24, 2.45) is 0 Å². The second kappa shape index (κ2) is 4.14. The average molecular weight is 182 g/mol. The summed E-state index contributed by atoms with van der Waals surface area (Å²) in [6.45, 7) is 1.93. The van der Waals surface area contributed by atoms with Gasteiger partial charge in [0.05, 0.1) is 11.7 Å². The number of rotatable bonds is 3. The molecule has 1 atom stereocenters. The Labute approximate surface area is 77.3 Å². The molecule has 3 N–H and O–H groups in total. The summed E-state index contributed by atoms with van der Waals surface area (Å²) in [7, 11) is 0. The standard InChI is InChI=1S/C10H14O3/c1-2-4-7(11)10-8(12)5-3-6-9(10)13/h3,5-7,11-13H,2,4H2,1H3. The van der Waals surface area contributed by atoms with E-state index in [1.165, 1.54) is 18.2 Å². The van der Waals surface area contributed by atoms with Crippen LogP contribution in [-0.4, -0.2) is 15.3 Å². The summed E-state index contributed by atoms with van der Waals surface area (Å²) in [6, 6.07) is 4.44. The average Bonchev–Trinajstić information content (AvgIpc) is 2.04. The molecule has 0 aliphatic rings. The van der Waals surface area contributed by atoms with E-state index in [2.05, 4.69) is 0 Å². The molecule has 1 rings (SSSR count). The van der Waals surface area contributed by atoms with Gasteiger partial charge in [0, 0.05) is 0 Å². The molecule has 0 aliphatic carbocycles. The maximum absolute atomic E-state index is 9.56. The zero-order valence-electron chi connectivity index (χ0n) is 7.57. The first-order valence-electron chi connectivity index (χ1n) is 4.35. The summed E-state index contributed by atoms with van der Waals surface area (Å²) in [6.07, 6.45) is 0.547. The molecule has 0 saturated heterocycles. The normalized spacial score (nSPS) is 12.8. The molecular formula is C10H14O3. The third-order valence-corrected chi connectivity index (χ3v) is 1.96. The molecule has 0 radical (unpaired) electrons. The van der Waals surface area contributed by atoms with Gasteiger partial charge in [-0.2, -0.15) is 0 Å². The molecule has 1 aromatic carbocycles. The molecule has 0 spiro atoms. The highest BCUT2D eigenvalue weighted by molar-refractivity contribution is 5.44. The number of hydrogen-bond acceptors (Lipinski definition) is 3. The number of hydrogen-bond donors (Lipinski definition) is 3. The summed E-state index contributed by atoms with van der Waals surface area (Å²) >= 11 is 0. The lowest BCUT2D eigenvalue weighted by Crippen LogP contribution is -1.97. The van der Waals surface area contributed by atoms with Gasteiger partial charge in [-0.3, -0.25) is 0 Å². The van der Waals surface area contributed by atoms with Gasteiger partial charge in [0.25, 0.3) is 0 Å². The smallest absolute Gasteiger partial charge is 0.125 e. The van der Waals surface area contributed by atoms with E-state index >= 15 is 0 Å². The van der Waals surface area contributed by atoms with Gasteiger partial charge in [-0.15, -0.1) is 0 Å². The Bertz CT molecular complexity index is 263. The first-order valence-corrected chi connectivity index (χ1v) is 4.35. The molecule has 72 valence electrons. The Morgan fingerprint density at radius 3 is 2.23 bits per heavy atom. The lowest BCUT2D eigenvalue weighted by atomic mass is 10.0. The third kappa shape index (κ3) is 2.12. The van der Waals surface area contributed by atoms with Crippen LogP contribution in [0.1, 0.15) is 31.4 Å². The van der Waals surface area contributed by atoms with E-state index < -0.39 is 6.10 Å². The van der Waals surface area contributed by atoms with Crippen molar-refractivity contribution in [1.82, 2.24) is 0 Å². The monoisotopic (exact) mass is 182 g/mol. The van der Waals surface area contributed by atoms with Crippen LogP contribution in [0.5, 0.6) is 11.5 Å². The summed E-state index contributed by atoms with van der Waals surface area (Å²) in [5.41, 5.74) is 0.226. The van der Waals surface area contributed by atoms with Crippen molar-refractivity contribution in [2.75, 3.05) is 0 Å². The topological polar surface area (TPSA) is 60.7 Å². The number of benzene rings is 1. The highest BCUT2D eigenvalue weighted by Crippen LogP contribution is 2.34. The van der Waals surface area contributed by atoms with E-state index in [1.54, 1.807) is 0 Å². The fourth-order valence-corrected chi connectivity index (χ4v) is 1.30. The van der Waals surface area contributed by atoms with Crippen molar-refractivity contribution in [3.8, 4) is 11.5 Å². The van der Waals surface area contributed by atoms with Crippen LogP contribution in [0.2, 0.25) is 0 Å². The van der Waals surface area contributed by atoms with Crippen LogP contribution in [0.3, 0.4) is 0 Å². The van der Waals surface area contributed by atoms with Crippen LogP contribution in [0, 0.1) is 0 Å². The summed E-state index contributed by atoms with van der Waals surface area (Å²) < 4.78 is 0. The molecule has 1 unspecified atom stereocenters. The van der Waals surface area contributed by atoms with Crippen molar-refractivity contribution in [3.63, 3.8) is 0 Å². The van der Waals surface area contributed by atoms with Crippen molar-refractivity contribution in [1.29, 1.82) is 0 Å². The first kappa shape index (κ1) is 9.86. The lowest BCUT2D eigenvalue weighted by Gasteiger charge is -2.12. The van der Waals surface area contributed by atoms with Crippen molar-refractivity contribution < 1.29 is 15.3 Å². The second-order valence-corrected chi connectivity index (χ2v) is 3.01. The predicted octanol–water partition coefficient (Wildman–Crippen LogP) is 1.93. The van der Waals surface area contributed by atoms with Crippen LogP contribution in [0.25, 0.3) is 0 Å². The Hall–Kier alpha value is -1.22. The minimum atomic E-state index is -0.786. The maximum atomic E-state index is 9.56. The highest BCUT2D eigenvalue weighted by atomic mass is 16.3. The van der Waals surface area contributed by atoms with E-state index in [4.69, 9.17) is 0 Å². The number of phenolic OH excluding ortho intramolecular Hbond substituents is 2. The zero-order valence-corrected chi connectivity index (χ0v) is 7.57. The molecule has 13 heavy (non-hydrogen) atoms. The Morgan fingerprint density at radius 2 is 1.77 bits per heavy atom. The van der Waals surface area contributed by atoms with Crippen LogP contribution in [-0.2, 0) is 0 Å². The summed E-state index contributed by atoms with van der Waals surface area (Å²) in [5, 5.41) is 28.3. The number of aromatic hydroxyl groups is 2. The quantitative estimate of drug-likeness (QED) is 0.669. The maximum Gasteiger partial charge on any atom is 0.125 e. The van der Waals surface area contributed by atoms with Gasteiger partial charge >= 0.3 is 0 Å². The van der Waals surface area contributed by atoms with Crippen molar-refractivity contribution in [2.45, 2.75) is 25.9 Å². The van der Waals surface area contributed by atoms with E-state index in [1.807, 2.05) is 6.92 Å².